The van der Waals surface area contributed by atoms with Crippen molar-refractivity contribution in [3.05, 3.63) is 29.0 Å². The highest BCUT2D eigenvalue weighted by molar-refractivity contribution is 6.33. The first kappa shape index (κ1) is 12.5. The minimum Gasteiger partial charge on any atom is -0.399 e. The maximum absolute atomic E-state index is 6.14. The second-order valence-electron chi connectivity index (χ2n) is 5.03. The Labute approximate surface area is 117 Å². The van der Waals surface area contributed by atoms with Crippen LogP contribution < -0.4 is 5.73 Å². The predicted octanol–water partition coefficient (Wildman–Crippen LogP) is 4.02. The van der Waals surface area contributed by atoms with Crippen LogP contribution in [0.1, 0.15) is 43.8 Å². The lowest BCUT2D eigenvalue weighted by molar-refractivity contribution is 0.385. The van der Waals surface area contributed by atoms with E-state index in [0.717, 1.165) is 18.7 Å². The zero-order valence-electron chi connectivity index (χ0n) is 10.6. The average Bonchev–Trinajstić information content (AvgIpc) is 2.92. The van der Waals surface area contributed by atoms with Crippen molar-refractivity contribution in [3.63, 3.8) is 0 Å². The van der Waals surface area contributed by atoms with Crippen LogP contribution in [0.3, 0.4) is 0 Å². The first-order chi connectivity index (χ1) is 9.24. The van der Waals surface area contributed by atoms with Crippen LogP contribution in [0.5, 0.6) is 0 Å². The molecule has 0 aliphatic heterocycles. The Balaban J connectivity index is 1.89. The summed E-state index contributed by atoms with van der Waals surface area (Å²) in [5.41, 5.74) is 7.11. The lowest BCUT2D eigenvalue weighted by Gasteiger charge is -2.17. The molecule has 0 saturated heterocycles. The van der Waals surface area contributed by atoms with Crippen LogP contribution in [0.4, 0.5) is 5.69 Å². The van der Waals surface area contributed by atoms with Crippen molar-refractivity contribution >= 4 is 17.3 Å². The summed E-state index contributed by atoms with van der Waals surface area (Å²) < 4.78 is 5.34. The SMILES string of the molecule is Nc1ccc(Cl)c(-c2nc(C3CCCCC3)no2)c1. The second kappa shape index (κ2) is 5.21. The lowest BCUT2D eigenvalue weighted by atomic mass is 9.89. The van der Waals surface area contributed by atoms with Gasteiger partial charge in [0.05, 0.1) is 10.6 Å². The van der Waals surface area contributed by atoms with Gasteiger partial charge in [0.1, 0.15) is 0 Å². The van der Waals surface area contributed by atoms with Crippen molar-refractivity contribution in [1.29, 1.82) is 0 Å². The summed E-state index contributed by atoms with van der Waals surface area (Å²) in [6.07, 6.45) is 6.08. The van der Waals surface area contributed by atoms with Crippen LogP contribution in [0.15, 0.2) is 22.7 Å². The number of nitrogens with zero attached hydrogens (tertiary/aromatic N) is 2. The summed E-state index contributed by atoms with van der Waals surface area (Å²) in [6, 6.07) is 5.27. The molecule has 19 heavy (non-hydrogen) atoms. The summed E-state index contributed by atoms with van der Waals surface area (Å²) in [5.74, 6) is 1.68. The minimum absolute atomic E-state index is 0.422. The second-order valence-corrected chi connectivity index (χ2v) is 5.44. The maximum atomic E-state index is 6.14. The molecule has 0 unspecified atom stereocenters. The molecule has 0 amide bonds. The van der Waals surface area contributed by atoms with Gasteiger partial charge < -0.3 is 10.3 Å². The highest BCUT2D eigenvalue weighted by atomic mass is 35.5. The van der Waals surface area contributed by atoms with Crippen molar-refractivity contribution in [2.75, 3.05) is 5.73 Å². The lowest BCUT2D eigenvalue weighted by Crippen LogP contribution is -2.06. The van der Waals surface area contributed by atoms with Gasteiger partial charge >= 0.3 is 0 Å². The largest absolute Gasteiger partial charge is 0.399 e. The Bertz CT molecular complexity index is 576. The molecule has 0 atom stereocenters. The molecule has 2 N–H and O–H groups in total. The third-order valence-electron chi connectivity index (χ3n) is 3.63. The van der Waals surface area contributed by atoms with E-state index >= 15 is 0 Å². The molecule has 1 heterocycles. The quantitative estimate of drug-likeness (QED) is 0.842. The number of hydrogen-bond acceptors (Lipinski definition) is 4. The molecule has 1 aliphatic carbocycles. The molecule has 1 aromatic heterocycles. The topological polar surface area (TPSA) is 64.9 Å². The van der Waals surface area contributed by atoms with Crippen molar-refractivity contribution in [1.82, 2.24) is 10.1 Å². The van der Waals surface area contributed by atoms with Gasteiger partial charge in [-0.3, -0.25) is 0 Å². The van der Waals surface area contributed by atoms with Gasteiger partial charge in [-0.2, -0.15) is 4.98 Å². The smallest absolute Gasteiger partial charge is 0.259 e. The number of benzene rings is 1. The summed E-state index contributed by atoms with van der Waals surface area (Å²) in [6.45, 7) is 0. The van der Waals surface area contributed by atoms with Crippen molar-refractivity contribution < 1.29 is 4.52 Å². The number of rotatable bonds is 2. The van der Waals surface area contributed by atoms with E-state index < -0.39 is 0 Å². The van der Waals surface area contributed by atoms with Gasteiger partial charge in [-0.15, -0.1) is 0 Å². The van der Waals surface area contributed by atoms with Crippen LogP contribution in [-0.4, -0.2) is 10.1 Å². The summed E-state index contributed by atoms with van der Waals surface area (Å²) in [4.78, 5) is 4.49. The van der Waals surface area contributed by atoms with E-state index in [9.17, 15) is 0 Å². The van der Waals surface area contributed by atoms with Gasteiger partial charge in [0.25, 0.3) is 5.89 Å². The Morgan fingerprint density at radius 3 is 2.79 bits per heavy atom. The first-order valence-electron chi connectivity index (χ1n) is 6.63. The molecule has 1 saturated carbocycles. The van der Waals surface area contributed by atoms with Crippen LogP contribution in [-0.2, 0) is 0 Å². The maximum Gasteiger partial charge on any atom is 0.259 e. The highest BCUT2D eigenvalue weighted by Gasteiger charge is 2.22. The first-order valence-corrected chi connectivity index (χ1v) is 7.01. The van der Waals surface area contributed by atoms with E-state index in [0.29, 0.717) is 28.1 Å². The molecule has 4 nitrogen and oxygen atoms in total. The molecule has 1 aromatic carbocycles. The molecule has 1 aliphatic rings. The molecule has 0 spiro atoms. The fourth-order valence-electron chi connectivity index (χ4n) is 2.58. The Morgan fingerprint density at radius 2 is 2.00 bits per heavy atom. The number of halogens is 1. The van der Waals surface area contributed by atoms with Crippen LogP contribution in [0, 0.1) is 0 Å². The van der Waals surface area contributed by atoms with E-state index in [-0.39, 0.29) is 0 Å². The van der Waals surface area contributed by atoms with Gasteiger partial charge in [-0.05, 0) is 31.0 Å². The standard InChI is InChI=1S/C14H16ClN3O/c15-12-7-6-10(16)8-11(12)14-17-13(18-19-14)9-4-2-1-3-5-9/h6-9H,1-5,16H2. The average molecular weight is 278 g/mol. The molecule has 2 aromatic rings. The predicted molar refractivity (Wildman–Crippen MR) is 75.0 cm³/mol. The minimum atomic E-state index is 0.422. The summed E-state index contributed by atoms with van der Waals surface area (Å²) in [7, 11) is 0. The van der Waals surface area contributed by atoms with Crippen LogP contribution >= 0.6 is 11.6 Å². The van der Waals surface area contributed by atoms with Gasteiger partial charge in [-0.25, -0.2) is 0 Å². The number of aromatic nitrogens is 2. The normalized spacial score (nSPS) is 16.7. The fraction of sp³-hybridized carbons (Fsp3) is 0.429. The number of anilines is 1. The fourth-order valence-corrected chi connectivity index (χ4v) is 2.78. The van der Waals surface area contributed by atoms with Gasteiger partial charge in [0.2, 0.25) is 0 Å². The van der Waals surface area contributed by atoms with Gasteiger partial charge in [0, 0.05) is 11.6 Å². The van der Waals surface area contributed by atoms with E-state index in [4.69, 9.17) is 21.9 Å². The molecule has 0 bridgehead atoms. The Kier molecular flexibility index (Phi) is 3.42. The van der Waals surface area contributed by atoms with Crippen molar-refractivity contribution in [3.8, 4) is 11.5 Å². The third-order valence-corrected chi connectivity index (χ3v) is 3.96. The van der Waals surface area contributed by atoms with Crippen LogP contribution in [0.25, 0.3) is 11.5 Å². The molecular weight excluding hydrogens is 262 g/mol. The van der Waals surface area contributed by atoms with Crippen LogP contribution in [0.2, 0.25) is 5.02 Å². The number of nitrogen functional groups attached to an aromatic ring is 1. The number of nitrogens with two attached hydrogens (primary N) is 1. The molecule has 100 valence electrons. The summed E-state index contributed by atoms with van der Waals surface area (Å²) >= 11 is 6.14. The van der Waals surface area contributed by atoms with Gasteiger partial charge in [0.15, 0.2) is 5.82 Å². The third kappa shape index (κ3) is 2.59. The Hall–Kier alpha value is -1.55. The molecule has 5 heteroatoms. The van der Waals surface area contributed by atoms with E-state index in [1.807, 2.05) is 0 Å². The molecule has 3 rings (SSSR count). The zero-order chi connectivity index (χ0) is 13.2. The molecule has 1 fully saturated rings. The highest BCUT2D eigenvalue weighted by Crippen LogP contribution is 2.33. The van der Waals surface area contributed by atoms with Gasteiger partial charge in [-0.1, -0.05) is 36.0 Å². The molecule has 0 radical (unpaired) electrons. The number of hydrogen-bond donors (Lipinski definition) is 1. The van der Waals surface area contributed by atoms with E-state index in [1.54, 1.807) is 18.2 Å². The van der Waals surface area contributed by atoms with E-state index in [1.165, 1.54) is 19.3 Å². The van der Waals surface area contributed by atoms with E-state index in [2.05, 4.69) is 10.1 Å². The monoisotopic (exact) mass is 277 g/mol. The Morgan fingerprint density at radius 1 is 1.21 bits per heavy atom. The van der Waals surface area contributed by atoms with Crippen molar-refractivity contribution in [2.24, 2.45) is 0 Å². The summed E-state index contributed by atoms with van der Waals surface area (Å²) in [5, 5.41) is 4.68. The zero-order valence-corrected chi connectivity index (χ0v) is 11.4. The molecular formula is C14H16ClN3O. The van der Waals surface area contributed by atoms with Crippen molar-refractivity contribution in [2.45, 2.75) is 38.0 Å².